The molecule has 0 amide bonds. The fraction of sp³-hybridized carbons (Fsp3) is 0.167. The van der Waals surface area contributed by atoms with Crippen LogP contribution in [0.3, 0.4) is 0 Å². The van der Waals surface area contributed by atoms with Gasteiger partial charge < -0.3 is 4.98 Å². The zero-order valence-corrected chi connectivity index (χ0v) is 14.6. The smallest absolute Gasteiger partial charge is 0.313 e. The molecule has 5 rings (SSSR count). The molecule has 27 heavy (non-hydrogen) atoms. The highest BCUT2D eigenvalue weighted by Crippen LogP contribution is 2.55. The van der Waals surface area contributed by atoms with Crippen LogP contribution in [-0.2, 0) is 0 Å². The monoisotopic (exact) mass is 380 g/mol. The van der Waals surface area contributed by atoms with Gasteiger partial charge in [-0.15, -0.1) is 0 Å². The molecule has 4 aromatic rings. The number of aromatic amines is 2. The maximum atomic E-state index is 12.2. The first-order chi connectivity index (χ1) is 13.1. The summed E-state index contributed by atoms with van der Waals surface area (Å²) in [6.07, 6.45) is 7.54. The van der Waals surface area contributed by atoms with Crippen LogP contribution in [0.1, 0.15) is 29.4 Å². The number of imidazole rings is 1. The fourth-order valence-corrected chi connectivity index (χ4v) is 3.57. The van der Waals surface area contributed by atoms with Gasteiger partial charge in [-0.25, -0.2) is 19.3 Å². The van der Waals surface area contributed by atoms with Crippen LogP contribution in [0, 0.1) is 0 Å². The molecule has 4 heterocycles. The number of aromatic nitrogens is 6. The van der Waals surface area contributed by atoms with Crippen molar-refractivity contribution in [2.45, 2.75) is 18.3 Å². The summed E-state index contributed by atoms with van der Waals surface area (Å²) in [7, 11) is 0. The number of hydrogen-bond donors (Lipinski definition) is 2. The Bertz CT molecular complexity index is 1270. The average Bonchev–Trinajstić information content (AvgIpc) is 3.30. The van der Waals surface area contributed by atoms with Gasteiger partial charge in [0.05, 0.1) is 11.3 Å². The molecule has 0 saturated heterocycles. The topological polar surface area (TPSA) is 109 Å². The first-order valence-corrected chi connectivity index (χ1v) is 8.76. The molecule has 9 heteroatoms. The van der Waals surface area contributed by atoms with Gasteiger partial charge >= 0.3 is 5.69 Å². The predicted molar refractivity (Wildman–Crippen MR) is 99.0 cm³/mol. The number of H-pyrrole nitrogens is 2. The number of fused-ring (bicyclic) bond motifs is 1. The largest absolute Gasteiger partial charge is 0.325 e. The van der Waals surface area contributed by atoms with E-state index in [-0.39, 0.29) is 5.92 Å². The number of hydrogen-bond acceptors (Lipinski definition) is 5. The summed E-state index contributed by atoms with van der Waals surface area (Å²) in [5, 5.41) is 4.93. The number of pyridine rings is 1. The minimum absolute atomic E-state index is 0.251. The lowest BCUT2D eigenvalue weighted by Crippen LogP contribution is -2.23. The Morgan fingerprint density at radius 2 is 2.07 bits per heavy atom. The first-order valence-electron chi connectivity index (χ1n) is 8.38. The zero-order valence-electron chi connectivity index (χ0n) is 13.9. The molecule has 1 saturated carbocycles. The van der Waals surface area contributed by atoms with E-state index < -0.39 is 11.2 Å². The van der Waals surface area contributed by atoms with E-state index in [4.69, 9.17) is 11.6 Å². The summed E-state index contributed by atoms with van der Waals surface area (Å²) in [5.74, 6) is 0.570. The highest BCUT2D eigenvalue weighted by atomic mass is 35.5. The second kappa shape index (κ2) is 5.88. The van der Waals surface area contributed by atoms with Crippen LogP contribution in [0.5, 0.6) is 0 Å². The van der Waals surface area contributed by atoms with E-state index in [2.05, 4.69) is 25.0 Å². The molecular formula is C18H13ClN6O2. The third-order valence-corrected chi connectivity index (χ3v) is 5.07. The van der Waals surface area contributed by atoms with E-state index in [0.29, 0.717) is 22.3 Å². The maximum Gasteiger partial charge on any atom is 0.325 e. The summed E-state index contributed by atoms with van der Waals surface area (Å²) < 4.78 is 1.66. The number of nitrogens with zero attached hydrogens (tertiary/aromatic N) is 4. The molecule has 1 aliphatic carbocycles. The Hall–Kier alpha value is -3.26. The Kier molecular flexibility index (Phi) is 3.48. The van der Waals surface area contributed by atoms with E-state index in [1.807, 2.05) is 12.1 Å². The molecule has 1 aliphatic rings. The summed E-state index contributed by atoms with van der Waals surface area (Å²) in [4.78, 5) is 36.8. The van der Waals surface area contributed by atoms with Crippen molar-refractivity contribution in [3.8, 4) is 11.3 Å². The third-order valence-electron chi connectivity index (χ3n) is 4.85. The van der Waals surface area contributed by atoms with Crippen LogP contribution in [0.4, 0.5) is 0 Å². The SMILES string of the molecule is O=c1[nH]cc(-c2cc([C@H]3C[C@@H]3c3ccc(Cl)nc3)c3nccn3n2)c(=O)[nH]1. The maximum absolute atomic E-state index is 12.2. The van der Waals surface area contributed by atoms with Crippen LogP contribution >= 0.6 is 11.6 Å². The minimum Gasteiger partial charge on any atom is -0.313 e. The lowest BCUT2D eigenvalue weighted by Gasteiger charge is -2.07. The molecule has 0 unspecified atom stereocenters. The minimum atomic E-state index is -0.551. The Morgan fingerprint density at radius 1 is 1.19 bits per heavy atom. The highest BCUT2D eigenvalue weighted by molar-refractivity contribution is 6.29. The van der Waals surface area contributed by atoms with Gasteiger partial charge in [0.1, 0.15) is 5.15 Å². The Morgan fingerprint density at radius 3 is 2.85 bits per heavy atom. The molecule has 4 aromatic heterocycles. The van der Waals surface area contributed by atoms with Crippen LogP contribution in [0.25, 0.3) is 16.9 Å². The van der Waals surface area contributed by atoms with E-state index in [9.17, 15) is 9.59 Å². The van der Waals surface area contributed by atoms with Crippen molar-refractivity contribution in [2.24, 2.45) is 0 Å². The van der Waals surface area contributed by atoms with E-state index in [0.717, 1.165) is 23.2 Å². The molecule has 0 bridgehead atoms. The summed E-state index contributed by atoms with van der Waals surface area (Å²) in [6, 6.07) is 5.64. The standard InChI is InChI=1S/C18H13ClN6O2/c19-15-2-1-9(7-21-15)10-5-11(10)12-6-14(24-25-4-3-20-16(12)25)13-8-22-18(27)23-17(13)26/h1-4,6-8,10-11H,5H2,(H2,22,23,26,27)/t10-,11+/m1/s1. The Labute approximate surface area is 156 Å². The van der Waals surface area contributed by atoms with Crippen LogP contribution in [0.2, 0.25) is 5.15 Å². The van der Waals surface area contributed by atoms with Gasteiger partial charge in [-0.2, -0.15) is 5.10 Å². The molecule has 0 spiro atoms. The lowest BCUT2D eigenvalue weighted by molar-refractivity contribution is 0.905. The average molecular weight is 381 g/mol. The third kappa shape index (κ3) is 2.74. The summed E-state index contributed by atoms with van der Waals surface area (Å²) in [5.41, 5.74) is 2.64. The quantitative estimate of drug-likeness (QED) is 0.529. The van der Waals surface area contributed by atoms with Gasteiger partial charge in [-0.3, -0.25) is 9.78 Å². The molecule has 134 valence electrons. The van der Waals surface area contributed by atoms with Gasteiger partial charge in [-0.05, 0) is 36.0 Å². The molecule has 2 N–H and O–H groups in total. The number of halogens is 1. The normalized spacial score (nSPS) is 18.7. The second-order valence-corrected chi connectivity index (χ2v) is 6.92. The molecule has 0 radical (unpaired) electrons. The van der Waals surface area contributed by atoms with Crippen LogP contribution in [0.15, 0.2) is 52.6 Å². The van der Waals surface area contributed by atoms with E-state index >= 15 is 0 Å². The molecule has 1 fully saturated rings. The van der Waals surface area contributed by atoms with Crippen molar-refractivity contribution in [1.82, 2.24) is 29.5 Å². The number of rotatable bonds is 3. The Balaban J connectivity index is 1.60. The van der Waals surface area contributed by atoms with Gasteiger partial charge in [0, 0.05) is 30.4 Å². The van der Waals surface area contributed by atoms with Crippen molar-refractivity contribution in [3.63, 3.8) is 0 Å². The van der Waals surface area contributed by atoms with Crippen molar-refractivity contribution in [2.75, 3.05) is 0 Å². The van der Waals surface area contributed by atoms with Crippen molar-refractivity contribution in [3.05, 3.63) is 80.1 Å². The van der Waals surface area contributed by atoms with Crippen LogP contribution < -0.4 is 11.2 Å². The van der Waals surface area contributed by atoms with Crippen molar-refractivity contribution in [1.29, 1.82) is 0 Å². The summed E-state index contributed by atoms with van der Waals surface area (Å²) >= 11 is 5.88. The fourth-order valence-electron chi connectivity index (χ4n) is 3.46. The first kappa shape index (κ1) is 16.0. The molecular weight excluding hydrogens is 368 g/mol. The molecule has 2 atom stereocenters. The van der Waals surface area contributed by atoms with Crippen molar-refractivity contribution < 1.29 is 0 Å². The van der Waals surface area contributed by atoms with Gasteiger partial charge in [0.25, 0.3) is 5.56 Å². The molecule has 8 nitrogen and oxygen atoms in total. The van der Waals surface area contributed by atoms with Gasteiger partial charge in [-0.1, -0.05) is 17.7 Å². The second-order valence-electron chi connectivity index (χ2n) is 6.53. The lowest BCUT2D eigenvalue weighted by atomic mass is 10.1. The molecule has 0 aromatic carbocycles. The van der Waals surface area contributed by atoms with E-state index in [1.165, 1.54) is 6.20 Å². The zero-order chi connectivity index (χ0) is 18.5. The predicted octanol–water partition coefficient (Wildman–Crippen LogP) is 2.09. The van der Waals surface area contributed by atoms with Gasteiger partial charge in [0.2, 0.25) is 0 Å². The van der Waals surface area contributed by atoms with Crippen LogP contribution in [-0.4, -0.2) is 29.5 Å². The number of nitrogens with one attached hydrogen (secondary N) is 2. The van der Waals surface area contributed by atoms with Crippen molar-refractivity contribution >= 4 is 17.2 Å². The summed E-state index contributed by atoms with van der Waals surface area (Å²) in [6.45, 7) is 0. The molecule has 0 aliphatic heterocycles. The highest BCUT2D eigenvalue weighted by Gasteiger charge is 2.41. The van der Waals surface area contributed by atoms with E-state index in [1.54, 1.807) is 29.2 Å². The van der Waals surface area contributed by atoms with Gasteiger partial charge in [0.15, 0.2) is 5.65 Å².